The van der Waals surface area contributed by atoms with E-state index in [1.54, 1.807) is 0 Å². The van der Waals surface area contributed by atoms with Crippen molar-refractivity contribution < 1.29 is 43.5 Å². The van der Waals surface area contributed by atoms with Crippen LogP contribution >= 0.6 is 0 Å². The molecular weight excluding hydrogens is 360 g/mol. The molecule has 142 valence electrons. The largest absolute Gasteiger partial charge is 0.508 e. The highest BCUT2D eigenvalue weighted by atomic mass is 16.6. The second kappa shape index (κ2) is 6.13. The molecule has 0 fully saturated rings. The molecule has 0 bridgehead atoms. The van der Waals surface area contributed by atoms with Crippen LogP contribution in [0.15, 0.2) is 41.9 Å². The van der Waals surface area contributed by atoms with E-state index in [9.17, 15) is 24.6 Å². The summed E-state index contributed by atoms with van der Waals surface area (Å²) in [6.07, 6.45) is 0.976. The number of hydrogen-bond donors (Lipinski definition) is 2. The third kappa shape index (κ3) is 2.18. The van der Waals surface area contributed by atoms with Crippen molar-refractivity contribution in [3.05, 3.63) is 47.4 Å². The van der Waals surface area contributed by atoms with E-state index in [1.807, 2.05) is 0 Å². The van der Waals surface area contributed by atoms with Gasteiger partial charge in [0.1, 0.15) is 11.5 Å². The first-order chi connectivity index (χ1) is 12.8. The minimum absolute atomic E-state index is 0.0219. The summed E-state index contributed by atoms with van der Waals surface area (Å²) in [6, 6.07) is 5.56. The number of ketones is 2. The first kappa shape index (κ1) is 18.5. The van der Waals surface area contributed by atoms with Gasteiger partial charge in [-0.15, -0.1) is 0 Å². The molecule has 0 radical (unpaired) electrons. The zero-order valence-corrected chi connectivity index (χ0v) is 14.6. The Morgan fingerprint density at radius 1 is 1.07 bits per heavy atom. The van der Waals surface area contributed by atoms with Crippen LogP contribution in [0.1, 0.15) is 5.56 Å². The van der Waals surface area contributed by atoms with Gasteiger partial charge in [-0.25, -0.2) is 4.79 Å². The molecular formula is C18H16O9. The number of carbonyl (C=O) groups excluding carboxylic acids is 3. The van der Waals surface area contributed by atoms with Crippen LogP contribution in [0.25, 0.3) is 5.76 Å². The molecule has 0 aromatic heterocycles. The van der Waals surface area contributed by atoms with Crippen LogP contribution in [0.2, 0.25) is 0 Å². The normalized spacial score (nSPS) is 26.9. The molecule has 1 heterocycles. The van der Waals surface area contributed by atoms with Crippen molar-refractivity contribution in [2.45, 2.75) is 11.2 Å². The number of carbonyl (C=O) groups is 3. The van der Waals surface area contributed by atoms with Crippen molar-refractivity contribution in [3.63, 3.8) is 0 Å². The third-order valence-corrected chi connectivity index (χ3v) is 4.48. The number of phenols is 1. The summed E-state index contributed by atoms with van der Waals surface area (Å²) in [5, 5.41) is 20.5. The lowest BCUT2D eigenvalue weighted by atomic mass is 9.81. The van der Waals surface area contributed by atoms with Gasteiger partial charge in [-0.1, -0.05) is 0 Å². The maximum absolute atomic E-state index is 13.0. The van der Waals surface area contributed by atoms with Crippen LogP contribution in [0, 0.1) is 0 Å². The minimum atomic E-state index is -2.88. The van der Waals surface area contributed by atoms with E-state index < -0.39 is 40.3 Å². The summed E-state index contributed by atoms with van der Waals surface area (Å²) in [5.74, 6) is -4.60. The van der Waals surface area contributed by atoms with Gasteiger partial charge in [0.2, 0.25) is 11.5 Å². The second-order valence-electron chi connectivity index (χ2n) is 5.80. The van der Waals surface area contributed by atoms with Gasteiger partial charge in [-0.3, -0.25) is 9.59 Å². The number of methoxy groups -OCH3 is 3. The molecule has 2 atom stereocenters. The summed E-state index contributed by atoms with van der Waals surface area (Å²) in [4.78, 5) is 38.2. The van der Waals surface area contributed by atoms with Gasteiger partial charge < -0.3 is 29.2 Å². The van der Waals surface area contributed by atoms with Crippen LogP contribution in [0.3, 0.4) is 0 Å². The zero-order valence-electron chi connectivity index (χ0n) is 14.6. The van der Waals surface area contributed by atoms with Crippen LogP contribution in [-0.4, -0.2) is 60.3 Å². The van der Waals surface area contributed by atoms with E-state index >= 15 is 0 Å². The molecule has 9 heteroatoms. The number of aliphatic hydroxyl groups is 1. The predicted octanol–water partition coefficient (Wildman–Crippen LogP) is 0.0624. The van der Waals surface area contributed by atoms with Crippen LogP contribution in [0.4, 0.5) is 0 Å². The maximum atomic E-state index is 13.0. The van der Waals surface area contributed by atoms with Gasteiger partial charge >= 0.3 is 5.97 Å². The standard InChI is InChI=1S/C18H16O9/c1-24-13-14(21)18(17(23,15(13)25-2)16(22)26-3)12(20)8-11(27-18)9-4-6-10(19)7-5-9/h4-8,19,23H,1-3H3/t17-,18-/m0/s1. The smallest absolute Gasteiger partial charge is 0.351 e. The van der Waals surface area contributed by atoms with Crippen molar-refractivity contribution in [2.24, 2.45) is 0 Å². The topological polar surface area (TPSA) is 129 Å². The SMILES string of the molecule is COC(=O)[C@@]1(O)C(OC)=C(OC)C(=O)[C@]12OC(c1ccc(O)cc1)=CC2=O. The van der Waals surface area contributed by atoms with E-state index in [1.165, 1.54) is 24.3 Å². The first-order valence-electron chi connectivity index (χ1n) is 7.70. The van der Waals surface area contributed by atoms with Gasteiger partial charge in [0, 0.05) is 11.6 Å². The quantitative estimate of drug-likeness (QED) is 0.554. The van der Waals surface area contributed by atoms with Crippen LogP contribution < -0.4 is 0 Å². The Labute approximate surface area is 153 Å². The van der Waals surface area contributed by atoms with E-state index in [-0.39, 0.29) is 11.5 Å². The second-order valence-corrected chi connectivity index (χ2v) is 5.80. The van der Waals surface area contributed by atoms with E-state index in [0.717, 1.165) is 27.4 Å². The summed E-state index contributed by atoms with van der Waals surface area (Å²) < 4.78 is 20.2. The Balaban J connectivity index is 2.17. The average Bonchev–Trinajstić information content (AvgIpc) is 3.11. The third-order valence-electron chi connectivity index (χ3n) is 4.48. The molecule has 1 aliphatic carbocycles. The lowest BCUT2D eigenvalue weighted by Crippen LogP contribution is -2.65. The molecule has 2 aliphatic rings. The Hall–Kier alpha value is -3.33. The summed E-state index contributed by atoms with van der Waals surface area (Å²) in [6.45, 7) is 0. The number of Topliss-reactive ketones (excluding diaryl/α,β-unsaturated/α-hetero) is 1. The van der Waals surface area contributed by atoms with E-state index in [4.69, 9.17) is 14.2 Å². The van der Waals surface area contributed by atoms with Gasteiger partial charge in [0.25, 0.3) is 17.0 Å². The van der Waals surface area contributed by atoms with Gasteiger partial charge in [0.05, 0.1) is 21.3 Å². The zero-order chi connectivity index (χ0) is 20.0. The van der Waals surface area contributed by atoms with E-state index in [0.29, 0.717) is 5.56 Å². The summed E-state index contributed by atoms with van der Waals surface area (Å²) in [7, 11) is 3.20. The molecule has 0 unspecified atom stereocenters. The maximum Gasteiger partial charge on any atom is 0.351 e. The van der Waals surface area contributed by atoms with Crippen LogP contribution in [0.5, 0.6) is 5.75 Å². The molecule has 3 rings (SSSR count). The molecule has 0 saturated heterocycles. The summed E-state index contributed by atoms with van der Waals surface area (Å²) in [5.41, 5.74) is -5.22. The highest BCUT2D eigenvalue weighted by Crippen LogP contribution is 2.50. The fraction of sp³-hybridized carbons (Fsp3) is 0.278. The van der Waals surface area contributed by atoms with E-state index in [2.05, 4.69) is 4.74 Å². The Bertz CT molecular complexity index is 896. The lowest BCUT2D eigenvalue weighted by molar-refractivity contribution is -0.188. The number of phenolic OH excluding ortho intramolecular Hbond substituents is 1. The highest BCUT2D eigenvalue weighted by molar-refractivity contribution is 6.30. The Morgan fingerprint density at radius 2 is 1.70 bits per heavy atom. The van der Waals surface area contributed by atoms with Crippen molar-refractivity contribution in [2.75, 3.05) is 21.3 Å². The molecule has 1 aromatic carbocycles. The van der Waals surface area contributed by atoms with Crippen LogP contribution in [-0.2, 0) is 33.3 Å². The number of rotatable bonds is 4. The van der Waals surface area contributed by atoms with Crippen molar-refractivity contribution in [3.8, 4) is 5.75 Å². The molecule has 27 heavy (non-hydrogen) atoms. The molecule has 9 nitrogen and oxygen atoms in total. The van der Waals surface area contributed by atoms with Gasteiger partial charge in [-0.05, 0) is 24.3 Å². The fourth-order valence-corrected chi connectivity index (χ4v) is 3.21. The fourth-order valence-electron chi connectivity index (χ4n) is 3.21. The molecule has 2 N–H and O–H groups in total. The van der Waals surface area contributed by atoms with Gasteiger partial charge in [-0.2, -0.15) is 0 Å². The number of ether oxygens (including phenoxy) is 4. The number of benzene rings is 1. The number of esters is 1. The monoisotopic (exact) mass is 376 g/mol. The molecule has 1 spiro atoms. The first-order valence-corrected chi connectivity index (χ1v) is 7.70. The number of hydrogen-bond acceptors (Lipinski definition) is 9. The lowest BCUT2D eigenvalue weighted by Gasteiger charge is -2.34. The van der Waals surface area contributed by atoms with Gasteiger partial charge in [0.15, 0.2) is 5.76 Å². The Kier molecular flexibility index (Phi) is 4.19. The molecule has 1 aliphatic heterocycles. The van der Waals surface area contributed by atoms with Crippen molar-refractivity contribution >= 4 is 23.3 Å². The predicted molar refractivity (Wildman–Crippen MR) is 87.9 cm³/mol. The minimum Gasteiger partial charge on any atom is -0.508 e. The molecule has 0 amide bonds. The highest BCUT2D eigenvalue weighted by Gasteiger charge is 2.78. The Morgan fingerprint density at radius 3 is 2.22 bits per heavy atom. The van der Waals surface area contributed by atoms with Crippen molar-refractivity contribution in [1.29, 1.82) is 0 Å². The molecule has 1 aromatic rings. The molecule has 0 saturated carbocycles. The number of aromatic hydroxyl groups is 1. The van der Waals surface area contributed by atoms with Crippen molar-refractivity contribution in [1.82, 2.24) is 0 Å². The summed E-state index contributed by atoms with van der Waals surface area (Å²) >= 11 is 0. The average molecular weight is 376 g/mol.